The number of carbonyl (C=O) groups excluding carboxylic acids is 1. The molecule has 0 unspecified atom stereocenters. The normalized spacial score (nSPS) is 13.6. The number of rotatable bonds is 6. The van der Waals surface area contributed by atoms with Gasteiger partial charge in [0.05, 0.1) is 36.4 Å². The molecule has 3 aromatic rings. The largest absolute Gasteiger partial charge is 0.495 e. The smallest absolute Gasteiger partial charge is 0.265 e. The topological polar surface area (TPSA) is 115 Å². The van der Waals surface area contributed by atoms with Crippen molar-refractivity contribution in [3.05, 3.63) is 54.1 Å². The van der Waals surface area contributed by atoms with E-state index < -0.39 is 10.0 Å². The summed E-state index contributed by atoms with van der Waals surface area (Å²) in [6, 6.07) is 6.61. The third kappa shape index (κ3) is 4.11. The molecule has 2 N–H and O–H groups in total. The van der Waals surface area contributed by atoms with E-state index >= 15 is 0 Å². The molecule has 0 atom stereocenters. The fourth-order valence-corrected chi connectivity index (χ4v) is 4.61. The molecule has 0 bridgehead atoms. The van der Waals surface area contributed by atoms with Crippen LogP contribution < -0.4 is 14.8 Å². The molecule has 0 fully saturated rings. The van der Waals surface area contributed by atoms with Crippen molar-refractivity contribution in [2.75, 3.05) is 18.4 Å². The molecule has 0 radical (unpaired) electrons. The van der Waals surface area contributed by atoms with Crippen molar-refractivity contribution in [1.29, 1.82) is 0 Å². The van der Waals surface area contributed by atoms with Crippen LogP contribution in [0, 0.1) is 0 Å². The van der Waals surface area contributed by atoms with E-state index in [-0.39, 0.29) is 28.3 Å². The standard InChI is InChI=1S/C21H23N5O4S/c1-13(2)26-12-15(10-24-26)14-4-5-19(30-3)20(8-14)31(28,29)25-16-9-17-18(23-11-16)6-7-22-21(17)27/h4-5,8-13,25H,6-7H2,1-3H3,(H,22,27). The summed E-state index contributed by atoms with van der Waals surface area (Å²) >= 11 is 0. The zero-order valence-electron chi connectivity index (χ0n) is 17.4. The number of benzene rings is 1. The van der Waals surface area contributed by atoms with E-state index in [4.69, 9.17) is 4.74 Å². The Morgan fingerprint density at radius 3 is 2.71 bits per heavy atom. The Hall–Kier alpha value is -3.40. The molecule has 162 valence electrons. The number of pyridine rings is 1. The van der Waals surface area contributed by atoms with Crippen molar-refractivity contribution in [2.24, 2.45) is 0 Å². The molecule has 10 heteroatoms. The molecule has 9 nitrogen and oxygen atoms in total. The van der Waals surface area contributed by atoms with E-state index in [1.807, 2.05) is 20.0 Å². The number of hydrogen-bond donors (Lipinski definition) is 2. The van der Waals surface area contributed by atoms with Gasteiger partial charge in [0.2, 0.25) is 0 Å². The first kappa shape index (κ1) is 20.9. The summed E-state index contributed by atoms with van der Waals surface area (Å²) in [5.74, 6) is -0.0623. The number of hydrogen-bond acceptors (Lipinski definition) is 6. The summed E-state index contributed by atoms with van der Waals surface area (Å²) in [7, 11) is -2.60. The number of aromatic nitrogens is 3. The average molecular weight is 442 g/mol. The lowest BCUT2D eigenvalue weighted by molar-refractivity contribution is 0.0945. The van der Waals surface area contributed by atoms with Crippen LogP contribution >= 0.6 is 0 Å². The zero-order valence-corrected chi connectivity index (χ0v) is 18.2. The monoisotopic (exact) mass is 441 g/mol. The maximum atomic E-state index is 13.2. The maximum absolute atomic E-state index is 13.2. The number of nitrogens with zero attached hydrogens (tertiary/aromatic N) is 3. The fraction of sp³-hybridized carbons (Fsp3) is 0.286. The Morgan fingerprint density at radius 2 is 2.00 bits per heavy atom. The van der Waals surface area contributed by atoms with Gasteiger partial charge in [-0.05, 0) is 37.6 Å². The van der Waals surface area contributed by atoms with Gasteiger partial charge in [-0.3, -0.25) is 19.2 Å². The number of nitrogens with one attached hydrogen (secondary N) is 2. The highest BCUT2D eigenvalue weighted by Gasteiger charge is 2.23. The third-order valence-electron chi connectivity index (χ3n) is 5.03. The van der Waals surface area contributed by atoms with Gasteiger partial charge < -0.3 is 10.1 Å². The van der Waals surface area contributed by atoms with Gasteiger partial charge in [-0.15, -0.1) is 0 Å². The number of amides is 1. The highest BCUT2D eigenvalue weighted by atomic mass is 32.2. The van der Waals surface area contributed by atoms with Gasteiger partial charge in [-0.1, -0.05) is 6.07 Å². The Labute approximate surface area is 180 Å². The van der Waals surface area contributed by atoms with Crippen LogP contribution in [-0.4, -0.2) is 42.7 Å². The van der Waals surface area contributed by atoms with Gasteiger partial charge in [-0.2, -0.15) is 5.10 Å². The highest BCUT2D eigenvalue weighted by molar-refractivity contribution is 7.92. The molecular formula is C21H23N5O4S. The lowest BCUT2D eigenvalue weighted by Gasteiger charge is -2.17. The summed E-state index contributed by atoms with van der Waals surface area (Å²) in [4.78, 5) is 16.3. The quantitative estimate of drug-likeness (QED) is 0.608. The molecule has 0 spiro atoms. The second-order valence-electron chi connectivity index (χ2n) is 7.50. The van der Waals surface area contributed by atoms with Crippen LogP contribution in [0.15, 0.2) is 47.8 Å². The fourth-order valence-electron chi connectivity index (χ4n) is 3.38. The number of sulfonamides is 1. The molecule has 0 saturated heterocycles. The van der Waals surface area contributed by atoms with E-state index in [2.05, 4.69) is 20.1 Å². The van der Waals surface area contributed by atoms with Gasteiger partial charge in [0.25, 0.3) is 15.9 Å². The van der Waals surface area contributed by atoms with Crippen molar-refractivity contribution in [3.8, 4) is 16.9 Å². The van der Waals surface area contributed by atoms with Crippen molar-refractivity contribution < 1.29 is 17.9 Å². The zero-order chi connectivity index (χ0) is 22.2. The number of anilines is 1. The van der Waals surface area contributed by atoms with Crippen molar-refractivity contribution >= 4 is 21.6 Å². The van der Waals surface area contributed by atoms with Crippen molar-refractivity contribution in [1.82, 2.24) is 20.1 Å². The molecular weight excluding hydrogens is 418 g/mol. The predicted octanol–water partition coefficient (Wildman–Crippen LogP) is 2.62. The lowest BCUT2D eigenvalue weighted by atomic mass is 10.1. The second kappa shape index (κ2) is 8.03. The first-order chi connectivity index (χ1) is 14.8. The van der Waals surface area contributed by atoms with E-state index in [9.17, 15) is 13.2 Å². The summed E-state index contributed by atoms with van der Waals surface area (Å²) in [6.07, 6.45) is 5.58. The van der Waals surface area contributed by atoms with Crippen LogP contribution in [-0.2, 0) is 16.4 Å². The van der Waals surface area contributed by atoms with Crippen LogP contribution in [0.2, 0.25) is 0 Å². The molecule has 3 heterocycles. The SMILES string of the molecule is COc1ccc(-c2cnn(C(C)C)c2)cc1S(=O)(=O)Nc1cnc2c(c1)C(=O)NCC2. The van der Waals surface area contributed by atoms with E-state index in [0.29, 0.717) is 29.8 Å². The summed E-state index contributed by atoms with van der Waals surface area (Å²) < 4.78 is 36.0. The van der Waals surface area contributed by atoms with Crippen LogP contribution in [0.5, 0.6) is 5.75 Å². The lowest BCUT2D eigenvalue weighted by Crippen LogP contribution is -2.32. The summed E-state index contributed by atoms with van der Waals surface area (Å²) in [5.41, 5.74) is 2.70. The second-order valence-corrected chi connectivity index (χ2v) is 9.15. The number of carbonyl (C=O) groups is 1. The molecule has 2 aromatic heterocycles. The van der Waals surface area contributed by atoms with Crippen LogP contribution in [0.1, 0.15) is 35.9 Å². The van der Waals surface area contributed by atoms with Crippen LogP contribution in [0.25, 0.3) is 11.1 Å². The molecule has 4 rings (SSSR count). The number of fused-ring (bicyclic) bond motifs is 1. The van der Waals surface area contributed by atoms with Gasteiger partial charge in [-0.25, -0.2) is 8.42 Å². The van der Waals surface area contributed by atoms with Gasteiger partial charge in [0.1, 0.15) is 10.6 Å². The molecule has 1 amide bonds. The van der Waals surface area contributed by atoms with Crippen molar-refractivity contribution in [3.63, 3.8) is 0 Å². The van der Waals surface area contributed by atoms with E-state index in [1.54, 1.807) is 29.1 Å². The average Bonchev–Trinajstić information content (AvgIpc) is 3.24. The minimum atomic E-state index is -4.01. The predicted molar refractivity (Wildman–Crippen MR) is 116 cm³/mol. The Kier molecular flexibility index (Phi) is 5.40. The van der Waals surface area contributed by atoms with Crippen LogP contribution in [0.3, 0.4) is 0 Å². The first-order valence-electron chi connectivity index (χ1n) is 9.81. The van der Waals surface area contributed by atoms with E-state index in [1.165, 1.54) is 19.4 Å². The van der Waals surface area contributed by atoms with Gasteiger partial charge in [0.15, 0.2) is 0 Å². The molecule has 0 aliphatic carbocycles. The minimum absolute atomic E-state index is 0.0213. The molecule has 1 aliphatic heterocycles. The number of methoxy groups -OCH3 is 1. The molecule has 1 aliphatic rings. The molecule has 0 saturated carbocycles. The van der Waals surface area contributed by atoms with Gasteiger partial charge in [0, 0.05) is 30.8 Å². The molecule has 31 heavy (non-hydrogen) atoms. The Balaban J connectivity index is 1.70. The molecule has 1 aromatic carbocycles. The number of ether oxygens (including phenoxy) is 1. The first-order valence-corrected chi connectivity index (χ1v) is 11.3. The summed E-state index contributed by atoms with van der Waals surface area (Å²) in [6.45, 7) is 4.54. The minimum Gasteiger partial charge on any atom is -0.495 e. The van der Waals surface area contributed by atoms with E-state index in [0.717, 1.165) is 5.56 Å². The Morgan fingerprint density at radius 1 is 1.19 bits per heavy atom. The third-order valence-corrected chi connectivity index (χ3v) is 6.43. The van der Waals surface area contributed by atoms with Crippen LogP contribution in [0.4, 0.5) is 5.69 Å². The highest BCUT2D eigenvalue weighted by Crippen LogP contribution is 2.31. The Bertz CT molecular complexity index is 1250. The summed E-state index contributed by atoms with van der Waals surface area (Å²) in [5, 5.41) is 7.05. The van der Waals surface area contributed by atoms with Crippen molar-refractivity contribution in [2.45, 2.75) is 31.2 Å². The maximum Gasteiger partial charge on any atom is 0.265 e. The van der Waals surface area contributed by atoms with Gasteiger partial charge >= 0.3 is 0 Å².